The van der Waals surface area contributed by atoms with Crippen molar-refractivity contribution in [2.24, 2.45) is 17.8 Å². The highest BCUT2D eigenvalue weighted by molar-refractivity contribution is 7.13. The third kappa shape index (κ3) is 4.05. The first-order valence-corrected chi connectivity index (χ1v) is 10.9. The fourth-order valence-electron chi connectivity index (χ4n) is 4.33. The van der Waals surface area contributed by atoms with Gasteiger partial charge in [-0.3, -0.25) is 9.59 Å². The van der Waals surface area contributed by atoms with E-state index in [1.807, 2.05) is 34.6 Å². The lowest BCUT2D eigenvalue weighted by molar-refractivity contribution is -0.147. The number of methoxy groups -OCH3 is 2. The number of nitrogens with one attached hydrogen (secondary N) is 1. The predicted octanol–water partition coefficient (Wildman–Crippen LogP) is 3.34. The Labute approximate surface area is 179 Å². The number of anilines is 1. The van der Waals surface area contributed by atoms with Crippen LogP contribution in [-0.2, 0) is 16.1 Å². The minimum atomic E-state index is -0.385. The molecule has 0 saturated carbocycles. The SMILES string of the molecule is COc1ccc(CN2CC[C@H]3C=CC[C@@H](C(=O)Nc4nccs4)[C@H]3C2=O)cc1OC. The zero-order chi connectivity index (χ0) is 21.1. The Kier molecular flexibility index (Phi) is 6.03. The van der Waals surface area contributed by atoms with Crippen molar-refractivity contribution in [3.05, 3.63) is 47.5 Å². The molecule has 1 aliphatic heterocycles. The maximum absolute atomic E-state index is 13.4. The lowest BCUT2D eigenvalue weighted by atomic mass is 9.71. The number of ether oxygens (including phenoxy) is 2. The Morgan fingerprint density at radius 1 is 1.30 bits per heavy atom. The molecule has 8 heteroatoms. The van der Waals surface area contributed by atoms with Gasteiger partial charge in [-0.1, -0.05) is 18.2 Å². The molecule has 158 valence electrons. The van der Waals surface area contributed by atoms with E-state index in [2.05, 4.69) is 16.4 Å². The quantitative estimate of drug-likeness (QED) is 0.715. The summed E-state index contributed by atoms with van der Waals surface area (Å²) < 4.78 is 10.7. The minimum absolute atomic E-state index is 0.0321. The monoisotopic (exact) mass is 427 g/mol. The molecule has 3 atom stereocenters. The van der Waals surface area contributed by atoms with E-state index in [1.165, 1.54) is 11.3 Å². The van der Waals surface area contributed by atoms with Crippen molar-refractivity contribution in [2.75, 3.05) is 26.1 Å². The van der Waals surface area contributed by atoms with Gasteiger partial charge in [0.15, 0.2) is 16.6 Å². The summed E-state index contributed by atoms with van der Waals surface area (Å²) in [5.74, 6) is 0.560. The van der Waals surface area contributed by atoms with Gasteiger partial charge in [-0.15, -0.1) is 11.3 Å². The topological polar surface area (TPSA) is 80.8 Å². The molecule has 2 heterocycles. The zero-order valence-corrected chi connectivity index (χ0v) is 17.9. The van der Waals surface area contributed by atoms with E-state index < -0.39 is 0 Å². The van der Waals surface area contributed by atoms with Gasteiger partial charge < -0.3 is 19.7 Å². The van der Waals surface area contributed by atoms with Crippen LogP contribution >= 0.6 is 11.3 Å². The molecule has 1 aromatic heterocycles. The molecule has 0 unspecified atom stereocenters. The van der Waals surface area contributed by atoms with Gasteiger partial charge in [0, 0.05) is 24.7 Å². The van der Waals surface area contributed by atoms with Crippen molar-refractivity contribution < 1.29 is 19.1 Å². The second-order valence-electron chi connectivity index (χ2n) is 7.52. The molecule has 1 aliphatic carbocycles. The van der Waals surface area contributed by atoms with E-state index in [4.69, 9.17) is 9.47 Å². The number of carbonyl (C=O) groups is 2. The number of amides is 2. The molecular formula is C22H25N3O4S. The molecule has 1 fully saturated rings. The van der Waals surface area contributed by atoms with Gasteiger partial charge in [-0.05, 0) is 36.5 Å². The Morgan fingerprint density at radius 3 is 2.87 bits per heavy atom. The number of hydrogen-bond donors (Lipinski definition) is 1. The molecule has 2 aromatic rings. The fourth-order valence-corrected chi connectivity index (χ4v) is 4.86. The number of nitrogens with zero attached hydrogens (tertiary/aromatic N) is 2. The van der Waals surface area contributed by atoms with Crippen molar-refractivity contribution in [3.8, 4) is 11.5 Å². The number of aromatic nitrogens is 1. The first-order valence-electron chi connectivity index (χ1n) is 9.97. The summed E-state index contributed by atoms with van der Waals surface area (Å²) >= 11 is 1.38. The molecule has 1 N–H and O–H groups in total. The average molecular weight is 428 g/mol. The largest absolute Gasteiger partial charge is 0.493 e. The summed E-state index contributed by atoms with van der Waals surface area (Å²) in [5, 5.41) is 5.25. The van der Waals surface area contributed by atoms with E-state index in [0.717, 1.165) is 12.0 Å². The lowest BCUT2D eigenvalue weighted by Crippen LogP contribution is -2.50. The third-order valence-electron chi connectivity index (χ3n) is 5.82. The number of allylic oxidation sites excluding steroid dienone is 2. The van der Waals surface area contributed by atoms with Crippen molar-refractivity contribution in [3.63, 3.8) is 0 Å². The molecule has 1 aromatic carbocycles. The molecule has 0 bridgehead atoms. The Balaban J connectivity index is 1.51. The van der Waals surface area contributed by atoms with Gasteiger partial charge >= 0.3 is 0 Å². The zero-order valence-electron chi connectivity index (χ0n) is 17.0. The van der Waals surface area contributed by atoms with Crippen molar-refractivity contribution >= 4 is 28.3 Å². The third-order valence-corrected chi connectivity index (χ3v) is 6.51. The summed E-state index contributed by atoms with van der Waals surface area (Å²) in [6.07, 6.45) is 7.20. The van der Waals surface area contributed by atoms with Crippen LogP contribution in [0.25, 0.3) is 0 Å². The van der Waals surface area contributed by atoms with Gasteiger partial charge in [-0.2, -0.15) is 0 Å². The second-order valence-corrected chi connectivity index (χ2v) is 8.42. The highest BCUT2D eigenvalue weighted by Gasteiger charge is 2.44. The normalized spacial score (nSPS) is 23.1. The van der Waals surface area contributed by atoms with Crippen LogP contribution in [0.4, 0.5) is 5.13 Å². The summed E-state index contributed by atoms with van der Waals surface area (Å²) in [4.78, 5) is 32.3. The van der Waals surface area contributed by atoms with Crippen LogP contribution in [0.15, 0.2) is 41.9 Å². The second kappa shape index (κ2) is 8.87. The molecule has 0 radical (unpaired) electrons. The number of carbonyl (C=O) groups excluding carboxylic acids is 2. The van der Waals surface area contributed by atoms with E-state index in [9.17, 15) is 9.59 Å². The van der Waals surface area contributed by atoms with Crippen LogP contribution < -0.4 is 14.8 Å². The first-order chi connectivity index (χ1) is 14.6. The summed E-state index contributed by atoms with van der Waals surface area (Å²) in [6, 6.07) is 5.68. The number of rotatable bonds is 6. The van der Waals surface area contributed by atoms with Crippen LogP contribution in [0.3, 0.4) is 0 Å². The highest BCUT2D eigenvalue weighted by atomic mass is 32.1. The molecule has 1 saturated heterocycles. The molecule has 30 heavy (non-hydrogen) atoms. The molecule has 7 nitrogen and oxygen atoms in total. The van der Waals surface area contributed by atoms with Gasteiger partial charge in [0.25, 0.3) is 0 Å². The number of thiazole rings is 1. The molecule has 2 aliphatic rings. The summed E-state index contributed by atoms with van der Waals surface area (Å²) in [6.45, 7) is 1.15. The van der Waals surface area contributed by atoms with Gasteiger partial charge in [-0.25, -0.2) is 4.98 Å². The smallest absolute Gasteiger partial charge is 0.230 e. The summed E-state index contributed by atoms with van der Waals surface area (Å²) in [5.41, 5.74) is 0.967. The van der Waals surface area contributed by atoms with E-state index in [1.54, 1.807) is 20.4 Å². The van der Waals surface area contributed by atoms with Crippen LogP contribution in [0.5, 0.6) is 11.5 Å². The number of fused-ring (bicyclic) bond motifs is 1. The maximum atomic E-state index is 13.4. The lowest BCUT2D eigenvalue weighted by Gasteiger charge is -2.41. The number of benzene rings is 1. The van der Waals surface area contributed by atoms with Crippen molar-refractivity contribution in [2.45, 2.75) is 19.4 Å². The number of hydrogen-bond acceptors (Lipinski definition) is 6. The van der Waals surface area contributed by atoms with Crippen molar-refractivity contribution in [1.82, 2.24) is 9.88 Å². The van der Waals surface area contributed by atoms with Gasteiger partial charge in [0.05, 0.1) is 26.1 Å². The summed E-state index contributed by atoms with van der Waals surface area (Å²) in [7, 11) is 3.19. The van der Waals surface area contributed by atoms with Crippen molar-refractivity contribution in [1.29, 1.82) is 0 Å². The van der Waals surface area contributed by atoms with Gasteiger partial charge in [0.1, 0.15) is 0 Å². The Hall–Kier alpha value is -2.87. The fraction of sp³-hybridized carbons (Fsp3) is 0.409. The molecule has 4 rings (SSSR count). The Morgan fingerprint density at radius 2 is 2.13 bits per heavy atom. The molecular weight excluding hydrogens is 402 g/mol. The average Bonchev–Trinajstić information content (AvgIpc) is 3.28. The first kappa shape index (κ1) is 20.4. The predicted molar refractivity (Wildman–Crippen MR) is 115 cm³/mol. The Bertz CT molecular complexity index is 944. The standard InChI is InChI=1S/C22H25N3O4S/c1-28-17-7-6-14(12-18(17)29-2)13-25-10-8-15-4-3-5-16(19(15)21(25)27)20(26)24-22-23-9-11-30-22/h3-4,6-7,9,11-12,15-16,19H,5,8,10,13H2,1-2H3,(H,23,24,26)/t15-,16-,19+/m1/s1. The highest BCUT2D eigenvalue weighted by Crippen LogP contribution is 2.39. The van der Waals surface area contributed by atoms with Crippen LogP contribution in [0.2, 0.25) is 0 Å². The van der Waals surface area contributed by atoms with Crippen LogP contribution in [0.1, 0.15) is 18.4 Å². The minimum Gasteiger partial charge on any atom is -0.493 e. The van der Waals surface area contributed by atoms with Crippen LogP contribution in [0, 0.1) is 17.8 Å². The van der Waals surface area contributed by atoms with E-state index in [-0.39, 0.29) is 29.6 Å². The van der Waals surface area contributed by atoms with Gasteiger partial charge in [0.2, 0.25) is 11.8 Å². The number of piperidine rings is 1. The molecule has 2 amide bonds. The number of likely N-dealkylation sites (tertiary alicyclic amines) is 1. The maximum Gasteiger partial charge on any atom is 0.230 e. The van der Waals surface area contributed by atoms with E-state index >= 15 is 0 Å². The van der Waals surface area contributed by atoms with E-state index in [0.29, 0.717) is 36.1 Å². The molecule has 0 spiro atoms. The van der Waals surface area contributed by atoms with Crippen LogP contribution in [-0.4, -0.2) is 42.5 Å².